The lowest BCUT2D eigenvalue weighted by Crippen LogP contribution is -2.39. The van der Waals surface area contributed by atoms with E-state index in [4.69, 9.17) is 0 Å². The van der Waals surface area contributed by atoms with Crippen LogP contribution in [-0.2, 0) is 0 Å². The molecule has 1 heterocycles. The van der Waals surface area contributed by atoms with Crippen LogP contribution >= 0.6 is 0 Å². The van der Waals surface area contributed by atoms with Crippen LogP contribution in [0.15, 0.2) is 5.10 Å². The van der Waals surface area contributed by atoms with E-state index in [1.54, 1.807) is 0 Å². The third kappa shape index (κ3) is 1.90. The predicted molar refractivity (Wildman–Crippen MR) is 51.9 cm³/mol. The van der Waals surface area contributed by atoms with Gasteiger partial charge in [-0.3, -0.25) is 5.01 Å². The van der Waals surface area contributed by atoms with Gasteiger partial charge >= 0.3 is 0 Å². The average molecular weight is 169 g/mol. The summed E-state index contributed by atoms with van der Waals surface area (Å²) in [4.78, 5) is 2.31. The molecule has 0 aromatic heterocycles. The quantitative estimate of drug-likeness (QED) is 0.638. The summed E-state index contributed by atoms with van der Waals surface area (Å²) in [6.07, 6.45) is 3.56. The summed E-state index contributed by atoms with van der Waals surface area (Å²) >= 11 is 0. The van der Waals surface area contributed by atoms with Crippen LogP contribution in [0.1, 0.15) is 27.2 Å². The van der Waals surface area contributed by atoms with Crippen LogP contribution in [0.3, 0.4) is 0 Å². The van der Waals surface area contributed by atoms with E-state index in [0.717, 1.165) is 13.0 Å². The van der Waals surface area contributed by atoms with E-state index in [1.807, 2.05) is 18.4 Å². The van der Waals surface area contributed by atoms with Gasteiger partial charge in [-0.05, 0) is 12.3 Å². The Kier molecular flexibility index (Phi) is 2.95. The van der Waals surface area contributed by atoms with Crippen LogP contribution in [0.25, 0.3) is 0 Å². The molecular formula is C9H19N3. The number of hydrogen-bond acceptors (Lipinski definition) is 3. The maximum atomic E-state index is 4.26. The maximum Gasteiger partial charge on any atom is 0.118 e. The molecule has 12 heavy (non-hydrogen) atoms. The second kappa shape index (κ2) is 3.78. The molecule has 0 saturated carbocycles. The minimum atomic E-state index is 0.479. The van der Waals surface area contributed by atoms with Gasteiger partial charge in [0, 0.05) is 13.6 Å². The van der Waals surface area contributed by atoms with Gasteiger partial charge in [-0.15, -0.1) is 0 Å². The Balaban J connectivity index is 2.48. The molecule has 0 bridgehead atoms. The molecule has 0 amide bonds. The van der Waals surface area contributed by atoms with E-state index < -0.39 is 0 Å². The van der Waals surface area contributed by atoms with E-state index in [1.165, 1.54) is 0 Å². The molecule has 0 aromatic carbocycles. The van der Waals surface area contributed by atoms with Gasteiger partial charge in [-0.1, -0.05) is 20.8 Å². The molecule has 1 aliphatic rings. The van der Waals surface area contributed by atoms with Crippen LogP contribution < -0.4 is 0 Å². The van der Waals surface area contributed by atoms with Crippen LogP contribution in [-0.4, -0.2) is 36.0 Å². The van der Waals surface area contributed by atoms with Crippen molar-refractivity contribution in [2.75, 3.05) is 13.6 Å². The first-order valence-electron chi connectivity index (χ1n) is 4.67. The highest BCUT2D eigenvalue weighted by molar-refractivity contribution is 5.56. The lowest BCUT2D eigenvalue weighted by atomic mass is 10.2. The molecule has 0 aromatic rings. The number of nitrogens with zero attached hydrogens (tertiary/aromatic N) is 3. The van der Waals surface area contributed by atoms with E-state index in [0.29, 0.717) is 12.1 Å². The molecular weight excluding hydrogens is 150 g/mol. The highest BCUT2D eigenvalue weighted by atomic mass is 15.6. The Morgan fingerprint density at radius 1 is 1.50 bits per heavy atom. The normalized spacial score (nSPS) is 22.9. The van der Waals surface area contributed by atoms with Crippen molar-refractivity contribution in [1.29, 1.82) is 0 Å². The number of rotatable bonds is 3. The molecule has 70 valence electrons. The summed E-state index contributed by atoms with van der Waals surface area (Å²) in [7, 11) is 2.03. The van der Waals surface area contributed by atoms with Gasteiger partial charge < -0.3 is 4.90 Å². The summed E-state index contributed by atoms with van der Waals surface area (Å²) in [5.41, 5.74) is 0. The largest absolute Gasteiger partial charge is 0.339 e. The van der Waals surface area contributed by atoms with E-state index in [2.05, 4.69) is 30.8 Å². The minimum Gasteiger partial charge on any atom is -0.339 e. The maximum absolute atomic E-state index is 4.26. The monoisotopic (exact) mass is 169 g/mol. The Labute approximate surface area is 75.0 Å². The van der Waals surface area contributed by atoms with E-state index >= 15 is 0 Å². The lowest BCUT2D eigenvalue weighted by molar-refractivity contribution is 0.146. The molecule has 1 aliphatic heterocycles. The molecule has 1 rings (SSSR count). The first-order valence-corrected chi connectivity index (χ1v) is 4.67. The average Bonchev–Trinajstić information content (AvgIpc) is 2.30. The summed E-state index contributed by atoms with van der Waals surface area (Å²) < 4.78 is 0. The van der Waals surface area contributed by atoms with Crippen molar-refractivity contribution in [3.05, 3.63) is 0 Å². The zero-order valence-corrected chi connectivity index (χ0v) is 8.49. The molecule has 1 unspecified atom stereocenters. The van der Waals surface area contributed by atoms with Crippen LogP contribution in [0, 0.1) is 5.92 Å². The Morgan fingerprint density at radius 2 is 2.17 bits per heavy atom. The lowest BCUT2D eigenvalue weighted by Gasteiger charge is -2.28. The predicted octanol–water partition coefficient (Wildman–Crippen LogP) is 1.57. The topological polar surface area (TPSA) is 18.8 Å². The fourth-order valence-corrected chi connectivity index (χ4v) is 1.61. The summed E-state index contributed by atoms with van der Waals surface area (Å²) in [6, 6.07) is 0. The third-order valence-electron chi connectivity index (χ3n) is 2.14. The van der Waals surface area contributed by atoms with Gasteiger partial charge in [0.1, 0.15) is 12.5 Å². The molecule has 0 spiro atoms. The van der Waals surface area contributed by atoms with Crippen molar-refractivity contribution in [3.8, 4) is 0 Å². The van der Waals surface area contributed by atoms with Gasteiger partial charge in [-0.25, -0.2) is 0 Å². The third-order valence-corrected chi connectivity index (χ3v) is 2.14. The molecule has 0 fully saturated rings. The molecule has 0 radical (unpaired) electrons. The Morgan fingerprint density at radius 3 is 2.67 bits per heavy atom. The highest BCUT2D eigenvalue weighted by Gasteiger charge is 2.22. The molecule has 0 aliphatic carbocycles. The molecule has 0 saturated heterocycles. The highest BCUT2D eigenvalue weighted by Crippen LogP contribution is 2.14. The van der Waals surface area contributed by atoms with Crippen molar-refractivity contribution >= 4 is 6.34 Å². The zero-order valence-electron chi connectivity index (χ0n) is 8.49. The van der Waals surface area contributed by atoms with Crippen molar-refractivity contribution in [2.24, 2.45) is 11.0 Å². The SMILES string of the molecule is CCC1N(CC(C)C)C=NN1C. The van der Waals surface area contributed by atoms with Gasteiger partial charge in [0.15, 0.2) is 0 Å². The second-order valence-electron chi connectivity index (χ2n) is 3.78. The molecule has 0 N–H and O–H groups in total. The molecule has 3 heteroatoms. The summed E-state index contributed by atoms with van der Waals surface area (Å²) in [6.45, 7) is 7.77. The van der Waals surface area contributed by atoms with Crippen molar-refractivity contribution in [1.82, 2.24) is 9.91 Å². The van der Waals surface area contributed by atoms with Gasteiger partial charge in [0.2, 0.25) is 0 Å². The van der Waals surface area contributed by atoms with Crippen LogP contribution in [0.5, 0.6) is 0 Å². The second-order valence-corrected chi connectivity index (χ2v) is 3.78. The molecule has 1 atom stereocenters. The number of hydrazone groups is 1. The van der Waals surface area contributed by atoms with Crippen LogP contribution in [0.2, 0.25) is 0 Å². The zero-order chi connectivity index (χ0) is 9.14. The molecule has 3 nitrogen and oxygen atoms in total. The fourth-order valence-electron chi connectivity index (χ4n) is 1.61. The van der Waals surface area contributed by atoms with E-state index in [-0.39, 0.29) is 0 Å². The minimum absolute atomic E-state index is 0.479. The van der Waals surface area contributed by atoms with Crippen LogP contribution in [0.4, 0.5) is 0 Å². The van der Waals surface area contributed by atoms with Crippen molar-refractivity contribution in [2.45, 2.75) is 33.4 Å². The standard InChI is InChI=1S/C9H19N3/c1-5-9-11(4)10-7-12(9)6-8(2)3/h7-9H,5-6H2,1-4H3. The first kappa shape index (κ1) is 9.36. The van der Waals surface area contributed by atoms with E-state index in [9.17, 15) is 0 Å². The van der Waals surface area contributed by atoms with Gasteiger partial charge in [0.25, 0.3) is 0 Å². The Hall–Kier alpha value is -0.730. The Bertz CT molecular complexity index is 165. The smallest absolute Gasteiger partial charge is 0.118 e. The van der Waals surface area contributed by atoms with Crippen molar-refractivity contribution in [3.63, 3.8) is 0 Å². The summed E-state index contributed by atoms with van der Waals surface area (Å²) in [5.74, 6) is 0.706. The van der Waals surface area contributed by atoms with Crippen molar-refractivity contribution < 1.29 is 0 Å². The number of hydrogen-bond donors (Lipinski definition) is 0. The van der Waals surface area contributed by atoms with Gasteiger partial charge in [-0.2, -0.15) is 5.10 Å². The summed E-state index contributed by atoms with van der Waals surface area (Å²) in [5, 5.41) is 6.29. The fraction of sp³-hybridized carbons (Fsp3) is 0.889. The first-order chi connectivity index (χ1) is 5.65. The van der Waals surface area contributed by atoms with Gasteiger partial charge in [0.05, 0.1) is 0 Å².